The van der Waals surface area contributed by atoms with Gasteiger partial charge in [-0.2, -0.15) is 0 Å². The summed E-state index contributed by atoms with van der Waals surface area (Å²) in [7, 11) is 1.72. The summed E-state index contributed by atoms with van der Waals surface area (Å²) in [6.07, 6.45) is 2.92. The van der Waals surface area contributed by atoms with Gasteiger partial charge in [-0.25, -0.2) is 9.97 Å². The summed E-state index contributed by atoms with van der Waals surface area (Å²) in [5.41, 5.74) is 0.146. The van der Waals surface area contributed by atoms with Gasteiger partial charge in [-0.05, 0) is 18.1 Å². The molecule has 1 rings (SSSR count). The fraction of sp³-hybridized carbons (Fsp3) is 0.667. The zero-order valence-corrected chi connectivity index (χ0v) is 12.9. The number of anilines is 1. The maximum Gasteiger partial charge on any atom is 0.190 e. The number of hydrogen-bond acceptors (Lipinski definition) is 5. The molecule has 0 saturated heterocycles. The van der Waals surface area contributed by atoms with Crippen molar-refractivity contribution in [2.75, 3.05) is 31.8 Å². The molecule has 0 spiro atoms. The van der Waals surface area contributed by atoms with Crippen molar-refractivity contribution in [2.24, 2.45) is 5.41 Å². The second kappa shape index (κ2) is 7.16. The Bertz CT molecular complexity index is 388. The third-order valence-corrected chi connectivity index (χ3v) is 3.33. The molecular formula is C12H20ClN3OS. The average molecular weight is 290 g/mol. The van der Waals surface area contributed by atoms with Crippen molar-refractivity contribution in [3.8, 4) is 0 Å². The minimum atomic E-state index is 0.146. The summed E-state index contributed by atoms with van der Waals surface area (Å²) in [6.45, 7) is 5.96. The summed E-state index contributed by atoms with van der Waals surface area (Å²) in [6, 6.07) is 1.74. The minimum absolute atomic E-state index is 0.146. The SMILES string of the molecule is COCCC(C)(C)CNc1cc(Cl)nc(SC)n1. The van der Waals surface area contributed by atoms with Crippen molar-refractivity contribution >= 4 is 29.2 Å². The van der Waals surface area contributed by atoms with Crippen molar-refractivity contribution in [3.63, 3.8) is 0 Å². The van der Waals surface area contributed by atoms with Crippen LogP contribution >= 0.6 is 23.4 Å². The molecule has 1 N–H and O–H groups in total. The lowest BCUT2D eigenvalue weighted by molar-refractivity contribution is 0.157. The van der Waals surface area contributed by atoms with Gasteiger partial charge >= 0.3 is 0 Å². The Morgan fingerprint density at radius 3 is 2.78 bits per heavy atom. The van der Waals surface area contributed by atoms with Gasteiger partial charge in [0.25, 0.3) is 0 Å². The van der Waals surface area contributed by atoms with Gasteiger partial charge in [-0.1, -0.05) is 37.2 Å². The highest BCUT2D eigenvalue weighted by molar-refractivity contribution is 7.98. The molecule has 0 saturated carbocycles. The van der Waals surface area contributed by atoms with E-state index in [1.807, 2.05) is 6.26 Å². The quantitative estimate of drug-likeness (QED) is 0.474. The molecule has 0 aliphatic rings. The number of nitrogens with one attached hydrogen (secondary N) is 1. The van der Waals surface area contributed by atoms with Crippen molar-refractivity contribution in [1.29, 1.82) is 0 Å². The molecule has 0 fully saturated rings. The highest BCUT2D eigenvalue weighted by Crippen LogP contribution is 2.22. The van der Waals surface area contributed by atoms with Crippen LogP contribution in [0.5, 0.6) is 0 Å². The van der Waals surface area contributed by atoms with Gasteiger partial charge in [-0.3, -0.25) is 0 Å². The van der Waals surface area contributed by atoms with Crippen LogP contribution in [0, 0.1) is 5.41 Å². The lowest BCUT2D eigenvalue weighted by Crippen LogP contribution is -2.25. The Morgan fingerprint density at radius 1 is 1.44 bits per heavy atom. The van der Waals surface area contributed by atoms with Crippen LogP contribution in [0.15, 0.2) is 11.2 Å². The smallest absolute Gasteiger partial charge is 0.190 e. The maximum absolute atomic E-state index is 5.94. The number of ether oxygens (including phenoxy) is 1. The van der Waals surface area contributed by atoms with Crippen LogP contribution in [-0.2, 0) is 4.74 Å². The van der Waals surface area contributed by atoms with Crippen LogP contribution in [0.2, 0.25) is 5.15 Å². The summed E-state index contributed by atoms with van der Waals surface area (Å²) in [5, 5.41) is 4.45. The van der Waals surface area contributed by atoms with E-state index in [1.54, 1.807) is 13.2 Å². The molecule has 4 nitrogen and oxygen atoms in total. The van der Waals surface area contributed by atoms with E-state index in [9.17, 15) is 0 Å². The fourth-order valence-electron chi connectivity index (χ4n) is 1.38. The van der Waals surface area contributed by atoms with Crippen molar-refractivity contribution in [2.45, 2.75) is 25.4 Å². The molecule has 1 heterocycles. The second-order valence-corrected chi connectivity index (χ2v) is 5.98. The topological polar surface area (TPSA) is 47.0 Å². The Morgan fingerprint density at radius 2 is 2.17 bits per heavy atom. The molecule has 1 aromatic rings. The molecule has 0 amide bonds. The Balaban J connectivity index is 2.59. The number of thioether (sulfide) groups is 1. The number of nitrogens with zero attached hydrogens (tertiary/aromatic N) is 2. The lowest BCUT2D eigenvalue weighted by Gasteiger charge is -2.24. The summed E-state index contributed by atoms with van der Waals surface area (Å²) in [4.78, 5) is 8.46. The Kier molecular flexibility index (Phi) is 6.18. The van der Waals surface area contributed by atoms with Crippen LogP contribution in [0.1, 0.15) is 20.3 Å². The molecule has 18 heavy (non-hydrogen) atoms. The molecule has 0 aliphatic carbocycles. The van der Waals surface area contributed by atoms with Gasteiger partial charge < -0.3 is 10.1 Å². The van der Waals surface area contributed by atoms with Gasteiger partial charge in [-0.15, -0.1) is 0 Å². The van der Waals surface area contributed by atoms with E-state index in [4.69, 9.17) is 16.3 Å². The van der Waals surface area contributed by atoms with Gasteiger partial charge in [0.15, 0.2) is 5.16 Å². The van der Waals surface area contributed by atoms with E-state index in [0.29, 0.717) is 10.3 Å². The molecular weight excluding hydrogens is 270 g/mol. The number of hydrogen-bond donors (Lipinski definition) is 1. The molecule has 0 aromatic carbocycles. The number of aromatic nitrogens is 2. The first-order valence-corrected chi connectivity index (χ1v) is 7.38. The molecule has 6 heteroatoms. The Hall–Kier alpha value is -0.520. The summed E-state index contributed by atoms with van der Waals surface area (Å²) < 4.78 is 5.11. The molecule has 0 bridgehead atoms. The lowest BCUT2D eigenvalue weighted by atomic mass is 9.90. The first-order chi connectivity index (χ1) is 8.46. The van der Waals surface area contributed by atoms with Gasteiger partial charge in [0, 0.05) is 26.3 Å². The van der Waals surface area contributed by atoms with E-state index in [2.05, 4.69) is 29.1 Å². The zero-order valence-electron chi connectivity index (χ0n) is 11.3. The second-order valence-electron chi connectivity index (χ2n) is 4.82. The third-order valence-electron chi connectivity index (χ3n) is 2.59. The predicted octanol–water partition coefficient (Wildman–Crippen LogP) is 3.33. The summed E-state index contributed by atoms with van der Waals surface area (Å²) in [5.74, 6) is 0.768. The molecule has 102 valence electrons. The molecule has 0 radical (unpaired) electrons. The summed E-state index contributed by atoms with van der Waals surface area (Å²) >= 11 is 7.42. The fourth-order valence-corrected chi connectivity index (χ4v) is 1.99. The zero-order chi connectivity index (χ0) is 13.6. The number of methoxy groups -OCH3 is 1. The first-order valence-electron chi connectivity index (χ1n) is 5.78. The normalized spacial score (nSPS) is 11.6. The van der Waals surface area contributed by atoms with Crippen LogP contribution in [0.3, 0.4) is 0 Å². The van der Waals surface area contributed by atoms with E-state index < -0.39 is 0 Å². The van der Waals surface area contributed by atoms with Crippen molar-refractivity contribution in [1.82, 2.24) is 9.97 Å². The molecule has 0 aliphatic heterocycles. The highest BCUT2D eigenvalue weighted by Gasteiger charge is 2.17. The van der Waals surface area contributed by atoms with Crippen LogP contribution < -0.4 is 5.32 Å². The van der Waals surface area contributed by atoms with Gasteiger partial charge in [0.2, 0.25) is 0 Å². The largest absolute Gasteiger partial charge is 0.385 e. The van der Waals surface area contributed by atoms with E-state index in [-0.39, 0.29) is 5.41 Å². The first kappa shape index (κ1) is 15.5. The highest BCUT2D eigenvalue weighted by atomic mass is 35.5. The van der Waals surface area contributed by atoms with E-state index in [0.717, 1.165) is 25.4 Å². The third kappa shape index (κ3) is 5.42. The van der Waals surface area contributed by atoms with Crippen LogP contribution in [-0.4, -0.2) is 36.5 Å². The van der Waals surface area contributed by atoms with Gasteiger partial charge in [0.05, 0.1) is 0 Å². The monoisotopic (exact) mass is 289 g/mol. The molecule has 0 atom stereocenters. The van der Waals surface area contributed by atoms with Crippen LogP contribution in [0.4, 0.5) is 5.82 Å². The van der Waals surface area contributed by atoms with Crippen molar-refractivity contribution < 1.29 is 4.74 Å². The van der Waals surface area contributed by atoms with Crippen LogP contribution in [0.25, 0.3) is 0 Å². The van der Waals surface area contributed by atoms with E-state index >= 15 is 0 Å². The molecule has 0 unspecified atom stereocenters. The van der Waals surface area contributed by atoms with Crippen molar-refractivity contribution in [3.05, 3.63) is 11.2 Å². The van der Waals surface area contributed by atoms with Gasteiger partial charge in [0.1, 0.15) is 11.0 Å². The standard InChI is InChI=1S/C12H20ClN3OS/c1-12(2,5-6-17-3)8-14-10-7-9(13)15-11(16-10)18-4/h7H,5-6,8H2,1-4H3,(H,14,15,16). The van der Waals surface area contributed by atoms with E-state index in [1.165, 1.54) is 11.8 Å². The Labute approximate surface area is 118 Å². The predicted molar refractivity (Wildman–Crippen MR) is 77.6 cm³/mol. The maximum atomic E-state index is 5.94. The average Bonchev–Trinajstić information content (AvgIpc) is 2.33. The molecule has 1 aromatic heterocycles. The minimum Gasteiger partial charge on any atom is -0.385 e. The number of halogens is 1. The number of rotatable bonds is 7.